The fraction of sp³-hybridized carbons (Fsp3) is 0.400. The molecular weight excluding hydrogens is 256 g/mol. The molecule has 5 heteroatoms. The molecular formula is C15H18N2O3. The van der Waals surface area contributed by atoms with E-state index in [1.54, 1.807) is 19.2 Å². The van der Waals surface area contributed by atoms with E-state index < -0.39 is 0 Å². The van der Waals surface area contributed by atoms with Gasteiger partial charge in [-0.1, -0.05) is 11.8 Å². The van der Waals surface area contributed by atoms with Gasteiger partial charge in [0.25, 0.3) is 5.91 Å². The standard InChI is InChI=1S/C15H18N2O3/c1-19-13-7-6-11(4-2-8-16)10-12(13)17-15(18)14-5-3-9-20-14/h6-7,10,14H,3,5,8-9,16H2,1H3,(H,17,18). The smallest absolute Gasteiger partial charge is 0.253 e. The molecule has 3 N–H and O–H groups in total. The first-order chi connectivity index (χ1) is 9.74. The van der Waals surface area contributed by atoms with Crippen LogP contribution in [0.1, 0.15) is 18.4 Å². The summed E-state index contributed by atoms with van der Waals surface area (Å²) in [6, 6.07) is 5.36. The normalized spacial score (nSPS) is 17.2. The summed E-state index contributed by atoms with van der Waals surface area (Å²) in [6.45, 7) is 0.931. The van der Waals surface area contributed by atoms with Crippen LogP contribution < -0.4 is 15.8 Å². The molecule has 1 aliphatic rings. The van der Waals surface area contributed by atoms with Gasteiger partial charge < -0.3 is 20.5 Å². The number of carbonyl (C=O) groups is 1. The zero-order valence-corrected chi connectivity index (χ0v) is 11.4. The molecule has 1 atom stereocenters. The molecule has 5 nitrogen and oxygen atoms in total. The van der Waals surface area contributed by atoms with Crippen molar-refractivity contribution in [2.75, 3.05) is 25.6 Å². The first kappa shape index (κ1) is 14.4. The highest BCUT2D eigenvalue weighted by Gasteiger charge is 2.24. The molecule has 1 aromatic rings. The molecule has 1 aliphatic heterocycles. The fourth-order valence-electron chi connectivity index (χ4n) is 2.03. The lowest BCUT2D eigenvalue weighted by molar-refractivity contribution is -0.124. The summed E-state index contributed by atoms with van der Waals surface area (Å²) in [4.78, 5) is 12.1. The summed E-state index contributed by atoms with van der Waals surface area (Å²) < 4.78 is 10.6. The molecule has 1 saturated heterocycles. The van der Waals surface area contributed by atoms with Crippen molar-refractivity contribution >= 4 is 11.6 Å². The highest BCUT2D eigenvalue weighted by molar-refractivity contribution is 5.95. The van der Waals surface area contributed by atoms with Gasteiger partial charge in [-0.05, 0) is 31.0 Å². The van der Waals surface area contributed by atoms with Crippen molar-refractivity contribution in [2.45, 2.75) is 18.9 Å². The molecule has 1 amide bonds. The van der Waals surface area contributed by atoms with Gasteiger partial charge >= 0.3 is 0 Å². The summed E-state index contributed by atoms with van der Waals surface area (Å²) >= 11 is 0. The minimum Gasteiger partial charge on any atom is -0.495 e. The second-order valence-electron chi connectivity index (χ2n) is 4.41. The monoisotopic (exact) mass is 274 g/mol. The first-order valence-corrected chi connectivity index (χ1v) is 6.54. The maximum atomic E-state index is 12.1. The number of benzene rings is 1. The lowest BCUT2D eigenvalue weighted by atomic mass is 10.1. The van der Waals surface area contributed by atoms with Gasteiger partial charge in [0.1, 0.15) is 11.9 Å². The summed E-state index contributed by atoms with van der Waals surface area (Å²) in [5.74, 6) is 6.15. The third-order valence-corrected chi connectivity index (χ3v) is 3.01. The van der Waals surface area contributed by atoms with E-state index in [0.29, 0.717) is 24.6 Å². The van der Waals surface area contributed by atoms with Crippen LogP contribution in [0.4, 0.5) is 5.69 Å². The molecule has 1 fully saturated rings. The van der Waals surface area contributed by atoms with Gasteiger partial charge in [0.2, 0.25) is 0 Å². The van der Waals surface area contributed by atoms with E-state index in [4.69, 9.17) is 15.2 Å². The third kappa shape index (κ3) is 3.50. The third-order valence-electron chi connectivity index (χ3n) is 3.01. The quantitative estimate of drug-likeness (QED) is 0.810. The van der Waals surface area contributed by atoms with Gasteiger partial charge in [-0.2, -0.15) is 0 Å². The molecule has 0 aromatic heterocycles. The summed E-state index contributed by atoms with van der Waals surface area (Å²) in [5.41, 5.74) is 6.72. The van der Waals surface area contributed by atoms with Crippen LogP contribution in [0.5, 0.6) is 5.75 Å². The molecule has 2 rings (SSSR count). The summed E-state index contributed by atoms with van der Waals surface area (Å²) in [5, 5.41) is 2.83. The number of rotatable bonds is 3. The van der Waals surface area contributed by atoms with Crippen LogP contribution in [0.2, 0.25) is 0 Å². The predicted molar refractivity (Wildman–Crippen MR) is 76.5 cm³/mol. The molecule has 0 bridgehead atoms. The Hall–Kier alpha value is -2.03. The maximum Gasteiger partial charge on any atom is 0.253 e. The predicted octanol–water partition coefficient (Wildman–Crippen LogP) is 1.12. The topological polar surface area (TPSA) is 73.6 Å². The van der Waals surface area contributed by atoms with Crippen molar-refractivity contribution in [1.29, 1.82) is 0 Å². The van der Waals surface area contributed by atoms with Gasteiger partial charge in [0.05, 0.1) is 19.3 Å². The lowest BCUT2D eigenvalue weighted by Crippen LogP contribution is -2.27. The zero-order chi connectivity index (χ0) is 14.4. The number of hydrogen-bond acceptors (Lipinski definition) is 4. The van der Waals surface area contributed by atoms with Crippen LogP contribution in [0.25, 0.3) is 0 Å². The zero-order valence-electron chi connectivity index (χ0n) is 11.4. The number of methoxy groups -OCH3 is 1. The van der Waals surface area contributed by atoms with E-state index in [9.17, 15) is 4.79 Å². The molecule has 0 aliphatic carbocycles. The largest absolute Gasteiger partial charge is 0.495 e. The number of ether oxygens (including phenoxy) is 2. The summed E-state index contributed by atoms with van der Waals surface area (Å²) in [6.07, 6.45) is 1.29. The van der Waals surface area contributed by atoms with E-state index in [1.165, 1.54) is 0 Å². The number of nitrogens with two attached hydrogens (primary N) is 1. The Balaban J connectivity index is 2.17. The van der Waals surface area contributed by atoms with Crippen molar-refractivity contribution < 1.29 is 14.3 Å². The number of hydrogen-bond donors (Lipinski definition) is 2. The average molecular weight is 274 g/mol. The van der Waals surface area contributed by atoms with E-state index >= 15 is 0 Å². The fourth-order valence-corrected chi connectivity index (χ4v) is 2.03. The molecule has 0 saturated carbocycles. The van der Waals surface area contributed by atoms with Crippen LogP contribution >= 0.6 is 0 Å². The number of nitrogens with one attached hydrogen (secondary N) is 1. The van der Waals surface area contributed by atoms with E-state index in [-0.39, 0.29) is 12.0 Å². The van der Waals surface area contributed by atoms with Crippen LogP contribution in [0, 0.1) is 11.8 Å². The number of amides is 1. The molecule has 1 heterocycles. The Bertz CT molecular complexity index is 540. The van der Waals surface area contributed by atoms with Gasteiger partial charge in [0.15, 0.2) is 0 Å². The van der Waals surface area contributed by atoms with Crippen molar-refractivity contribution in [3.8, 4) is 17.6 Å². The van der Waals surface area contributed by atoms with Crippen molar-refractivity contribution in [1.82, 2.24) is 0 Å². The van der Waals surface area contributed by atoms with Crippen LogP contribution in [0.15, 0.2) is 18.2 Å². The van der Waals surface area contributed by atoms with Crippen LogP contribution in [-0.2, 0) is 9.53 Å². The highest BCUT2D eigenvalue weighted by atomic mass is 16.5. The Kier molecular flexibility index (Phi) is 4.99. The van der Waals surface area contributed by atoms with E-state index in [0.717, 1.165) is 18.4 Å². The Morgan fingerprint density at radius 3 is 3.10 bits per heavy atom. The summed E-state index contributed by atoms with van der Waals surface area (Å²) in [7, 11) is 1.56. The SMILES string of the molecule is COc1ccc(C#CCN)cc1NC(=O)C1CCCO1. The van der Waals surface area contributed by atoms with E-state index in [2.05, 4.69) is 17.2 Å². The lowest BCUT2D eigenvalue weighted by Gasteiger charge is -2.13. The average Bonchev–Trinajstić information content (AvgIpc) is 2.99. The van der Waals surface area contributed by atoms with E-state index in [1.807, 2.05) is 6.07 Å². The Morgan fingerprint density at radius 2 is 2.45 bits per heavy atom. The molecule has 1 unspecified atom stereocenters. The molecule has 0 spiro atoms. The van der Waals surface area contributed by atoms with Gasteiger partial charge in [0, 0.05) is 12.2 Å². The minimum atomic E-state index is -0.376. The van der Waals surface area contributed by atoms with Gasteiger partial charge in [-0.3, -0.25) is 4.79 Å². The van der Waals surface area contributed by atoms with Crippen molar-refractivity contribution in [3.63, 3.8) is 0 Å². The molecule has 1 aromatic carbocycles. The second-order valence-corrected chi connectivity index (χ2v) is 4.41. The van der Waals surface area contributed by atoms with Crippen LogP contribution in [-0.4, -0.2) is 32.3 Å². The minimum absolute atomic E-state index is 0.148. The first-order valence-electron chi connectivity index (χ1n) is 6.54. The maximum absolute atomic E-state index is 12.1. The molecule has 106 valence electrons. The number of carbonyl (C=O) groups excluding carboxylic acids is 1. The molecule has 0 radical (unpaired) electrons. The Labute approximate surface area is 118 Å². The second kappa shape index (κ2) is 6.94. The van der Waals surface area contributed by atoms with Crippen molar-refractivity contribution in [2.24, 2.45) is 5.73 Å². The molecule has 20 heavy (non-hydrogen) atoms. The highest BCUT2D eigenvalue weighted by Crippen LogP contribution is 2.26. The Morgan fingerprint density at radius 1 is 1.60 bits per heavy atom. The van der Waals surface area contributed by atoms with Crippen LogP contribution in [0.3, 0.4) is 0 Å². The van der Waals surface area contributed by atoms with Gasteiger partial charge in [-0.25, -0.2) is 0 Å². The van der Waals surface area contributed by atoms with Gasteiger partial charge in [-0.15, -0.1) is 0 Å². The number of anilines is 1. The van der Waals surface area contributed by atoms with Crippen molar-refractivity contribution in [3.05, 3.63) is 23.8 Å².